The Morgan fingerprint density at radius 3 is 2.06 bits per heavy atom. The molecule has 4 fully saturated rings. The summed E-state index contributed by atoms with van der Waals surface area (Å²) in [4.78, 5) is 12.2. The molecule has 2 N–H and O–H groups in total. The molecule has 0 spiro atoms. The molecule has 8 heteroatoms. The summed E-state index contributed by atoms with van der Waals surface area (Å²) in [6.07, 6.45) is 3.43. The summed E-state index contributed by atoms with van der Waals surface area (Å²) < 4.78 is 45.1. The van der Waals surface area contributed by atoms with Gasteiger partial charge in [0.15, 0.2) is 0 Å². The number of rotatable bonds is 5. The normalized spacial score (nSPS) is 27.9. The van der Waals surface area contributed by atoms with E-state index in [0.717, 1.165) is 42.2 Å². The van der Waals surface area contributed by atoms with E-state index in [1.807, 2.05) is 0 Å². The minimum atomic E-state index is -4.60. The average Bonchev–Trinajstić information content (AvgIpc) is 2.73. The highest BCUT2D eigenvalue weighted by Gasteiger charge is 2.51. The van der Waals surface area contributed by atoms with Gasteiger partial charge in [0.25, 0.3) is 0 Å². The molecule has 0 radical (unpaired) electrons. The Morgan fingerprint density at radius 1 is 0.939 bits per heavy atom. The highest BCUT2D eigenvalue weighted by molar-refractivity contribution is 6.31. The molecular formula is C25H26ClF3N2O2. The summed E-state index contributed by atoms with van der Waals surface area (Å²) in [5.41, 5.74) is -0.165. The quantitative estimate of drug-likeness (QED) is 0.465. The van der Waals surface area contributed by atoms with Gasteiger partial charge in [0.1, 0.15) is 5.75 Å². The molecule has 2 aromatic carbocycles. The maximum atomic E-state index is 13.0. The second kappa shape index (κ2) is 8.42. The SMILES string of the molecule is O=C(Nc1ccc(OCC23CC4CC(CC(C4)C2)C3)cc1)Nc1ccc(Cl)c(C(F)(F)F)c1. The van der Waals surface area contributed by atoms with Crippen LogP contribution in [-0.2, 0) is 6.18 Å². The minimum Gasteiger partial charge on any atom is -0.493 e. The molecule has 0 aromatic heterocycles. The number of alkyl halides is 3. The van der Waals surface area contributed by atoms with Gasteiger partial charge in [-0.3, -0.25) is 0 Å². The fourth-order valence-electron chi connectivity index (χ4n) is 6.45. The number of hydrogen-bond donors (Lipinski definition) is 2. The second-order valence-electron chi connectivity index (χ2n) is 10.0. The maximum absolute atomic E-state index is 13.0. The molecule has 0 heterocycles. The number of urea groups is 1. The number of halogens is 4. The molecule has 4 bridgehead atoms. The molecule has 0 saturated heterocycles. The van der Waals surface area contributed by atoms with Crippen LogP contribution in [0.3, 0.4) is 0 Å². The first-order chi connectivity index (χ1) is 15.7. The third kappa shape index (κ3) is 4.93. The Kier molecular flexibility index (Phi) is 5.71. The van der Waals surface area contributed by atoms with Crippen LogP contribution in [0.4, 0.5) is 29.3 Å². The van der Waals surface area contributed by atoms with Crippen molar-refractivity contribution < 1.29 is 22.7 Å². The number of amides is 2. The molecule has 0 unspecified atom stereocenters. The van der Waals surface area contributed by atoms with Crippen LogP contribution < -0.4 is 15.4 Å². The van der Waals surface area contributed by atoms with E-state index in [-0.39, 0.29) is 5.69 Å². The molecule has 33 heavy (non-hydrogen) atoms. The fourth-order valence-corrected chi connectivity index (χ4v) is 6.68. The zero-order chi connectivity index (χ0) is 23.2. The van der Waals surface area contributed by atoms with Gasteiger partial charge < -0.3 is 15.4 Å². The predicted octanol–water partition coefficient (Wildman–Crippen LogP) is 7.60. The first-order valence-electron chi connectivity index (χ1n) is 11.4. The number of benzene rings is 2. The van der Waals surface area contributed by atoms with Crippen molar-refractivity contribution in [3.05, 3.63) is 53.1 Å². The Bertz CT molecular complexity index is 1000. The summed E-state index contributed by atoms with van der Waals surface area (Å²) in [6, 6.07) is 9.64. The van der Waals surface area contributed by atoms with Gasteiger partial charge >= 0.3 is 12.2 Å². The van der Waals surface area contributed by atoms with Gasteiger partial charge in [0.05, 0.1) is 17.2 Å². The van der Waals surface area contributed by atoms with Crippen LogP contribution in [0.25, 0.3) is 0 Å². The van der Waals surface area contributed by atoms with Crippen LogP contribution in [0.1, 0.15) is 44.1 Å². The van der Waals surface area contributed by atoms with Gasteiger partial charge in [-0.2, -0.15) is 13.2 Å². The van der Waals surface area contributed by atoms with E-state index >= 15 is 0 Å². The van der Waals surface area contributed by atoms with Gasteiger partial charge in [-0.15, -0.1) is 0 Å². The van der Waals surface area contributed by atoms with Crippen LogP contribution >= 0.6 is 11.6 Å². The molecule has 2 amide bonds. The van der Waals surface area contributed by atoms with Crippen LogP contribution in [0, 0.1) is 23.2 Å². The third-order valence-electron chi connectivity index (χ3n) is 7.35. The number of carbonyl (C=O) groups is 1. The summed E-state index contributed by atoms with van der Waals surface area (Å²) in [5, 5.41) is 4.61. The van der Waals surface area contributed by atoms with Gasteiger partial charge in [0.2, 0.25) is 0 Å². The Balaban J connectivity index is 1.16. The Morgan fingerprint density at radius 2 is 1.48 bits per heavy atom. The lowest BCUT2D eigenvalue weighted by Gasteiger charge is -2.56. The van der Waals surface area contributed by atoms with E-state index in [9.17, 15) is 18.0 Å². The summed E-state index contributed by atoms with van der Waals surface area (Å²) in [5.74, 6) is 3.37. The van der Waals surface area contributed by atoms with Crippen LogP contribution in [0.15, 0.2) is 42.5 Å². The largest absolute Gasteiger partial charge is 0.493 e. The van der Waals surface area contributed by atoms with Gasteiger partial charge in [-0.05, 0) is 98.7 Å². The molecule has 4 aliphatic carbocycles. The van der Waals surface area contributed by atoms with Crippen molar-refractivity contribution >= 4 is 29.0 Å². The van der Waals surface area contributed by atoms with Crippen molar-refractivity contribution in [3.8, 4) is 5.75 Å². The maximum Gasteiger partial charge on any atom is 0.417 e. The second-order valence-corrected chi connectivity index (χ2v) is 10.4. The molecule has 2 aromatic rings. The molecule has 0 aliphatic heterocycles. The molecule has 6 rings (SSSR count). The third-order valence-corrected chi connectivity index (χ3v) is 7.68. The molecule has 0 atom stereocenters. The lowest BCUT2D eigenvalue weighted by Crippen LogP contribution is -2.48. The van der Waals surface area contributed by atoms with E-state index in [2.05, 4.69) is 10.6 Å². The average molecular weight is 479 g/mol. The van der Waals surface area contributed by atoms with Crippen molar-refractivity contribution in [3.63, 3.8) is 0 Å². The first kappa shape index (κ1) is 22.4. The number of carbonyl (C=O) groups excluding carboxylic acids is 1. The lowest BCUT2D eigenvalue weighted by atomic mass is 9.50. The van der Waals surface area contributed by atoms with Crippen LogP contribution in [-0.4, -0.2) is 12.6 Å². The van der Waals surface area contributed by atoms with Crippen molar-refractivity contribution in [2.75, 3.05) is 17.2 Å². The molecule has 4 nitrogen and oxygen atoms in total. The summed E-state index contributed by atoms with van der Waals surface area (Å²) >= 11 is 5.61. The number of ether oxygens (including phenoxy) is 1. The van der Waals surface area contributed by atoms with Crippen molar-refractivity contribution in [1.29, 1.82) is 0 Å². The summed E-state index contributed by atoms with van der Waals surface area (Å²) in [6.45, 7) is 0.738. The molecule has 4 saturated carbocycles. The first-order valence-corrected chi connectivity index (χ1v) is 11.7. The lowest BCUT2D eigenvalue weighted by molar-refractivity contribution is -0.137. The molecule has 4 aliphatic rings. The van der Waals surface area contributed by atoms with E-state index in [1.54, 1.807) is 24.3 Å². The van der Waals surface area contributed by atoms with E-state index in [1.165, 1.54) is 44.6 Å². The topological polar surface area (TPSA) is 50.4 Å². The van der Waals surface area contributed by atoms with Crippen LogP contribution in [0.5, 0.6) is 5.75 Å². The van der Waals surface area contributed by atoms with E-state index in [4.69, 9.17) is 16.3 Å². The number of nitrogens with one attached hydrogen (secondary N) is 2. The summed E-state index contributed by atoms with van der Waals surface area (Å²) in [7, 11) is 0. The van der Waals surface area contributed by atoms with Gasteiger partial charge in [-0.25, -0.2) is 4.79 Å². The highest BCUT2D eigenvalue weighted by atomic mass is 35.5. The molecular weight excluding hydrogens is 453 g/mol. The Hall–Kier alpha value is -2.41. The van der Waals surface area contributed by atoms with Crippen molar-refractivity contribution in [2.24, 2.45) is 23.2 Å². The Labute approximate surface area is 195 Å². The van der Waals surface area contributed by atoms with Crippen LogP contribution in [0.2, 0.25) is 5.02 Å². The zero-order valence-electron chi connectivity index (χ0n) is 18.1. The monoisotopic (exact) mass is 478 g/mol. The number of hydrogen-bond acceptors (Lipinski definition) is 2. The fraction of sp³-hybridized carbons (Fsp3) is 0.480. The van der Waals surface area contributed by atoms with E-state index < -0.39 is 22.8 Å². The number of anilines is 2. The van der Waals surface area contributed by atoms with E-state index in [0.29, 0.717) is 11.1 Å². The van der Waals surface area contributed by atoms with Gasteiger partial charge in [-0.1, -0.05) is 11.6 Å². The smallest absolute Gasteiger partial charge is 0.417 e. The standard InChI is InChI=1S/C25H26ClF3N2O2/c26-22-6-3-19(10-21(22)25(27,28)29)31-23(32)30-18-1-4-20(5-2-18)33-14-24-11-15-7-16(12-24)9-17(8-15)13-24/h1-6,10,15-17H,7-9,11-14H2,(H2,30,31,32). The van der Waals surface area contributed by atoms with Crippen molar-refractivity contribution in [2.45, 2.75) is 44.7 Å². The minimum absolute atomic E-state index is 0.000230. The zero-order valence-corrected chi connectivity index (χ0v) is 18.8. The highest BCUT2D eigenvalue weighted by Crippen LogP contribution is 2.60. The molecule has 176 valence electrons. The van der Waals surface area contributed by atoms with Gasteiger partial charge in [0, 0.05) is 16.8 Å². The predicted molar refractivity (Wildman–Crippen MR) is 122 cm³/mol. The van der Waals surface area contributed by atoms with Crippen molar-refractivity contribution in [1.82, 2.24) is 0 Å².